The lowest BCUT2D eigenvalue weighted by atomic mass is 9.89. The van der Waals surface area contributed by atoms with E-state index < -0.39 is 242 Å². The van der Waals surface area contributed by atoms with Crippen LogP contribution in [0, 0.1) is 116 Å². The van der Waals surface area contributed by atoms with Crippen LogP contribution in [0.3, 0.4) is 0 Å². The van der Waals surface area contributed by atoms with Crippen molar-refractivity contribution >= 4 is 150 Å². The van der Waals surface area contributed by atoms with Crippen LogP contribution in [-0.2, 0) is 0 Å². The highest BCUT2D eigenvalue weighted by Gasteiger charge is 2.44. The molecule has 3 N–H and O–H groups in total. The molecule has 4 nitrogen and oxygen atoms in total. The predicted molar refractivity (Wildman–Crippen MR) is 256 cm³/mol. The van der Waals surface area contributed by atoms with Gasteiger partial charge in [0.05, 0.1) is 97.6 Å². The Hall–Kier alpha value is -3.95. The molecule has 8 bridgehead atoms. The summed E-state index contributed by atoms with van der Waals surface area (Å²) in [5, 5.41) is -2.09. The third kappa shape index (κ3) is 8.02. The molecule has 0 amide bonds. The summed E-state index contributed by atoms with van der Waals surface area (Å²) in [4.78, 5) is 11.2. The number of H-pyrrole nitrogens is 3. The molecular formula is C44H4Br8F20N4. The summed E-state index contributed by atoms with van der Waals surface area (Å²) in [5.41, 5.74) is -18.2. The van der Waals surface area contributed by atoms with Gasteiger partial charge in [0, 0.05) is 28.0 Å². The van der Waals surface area contributed by atoms with Crippen molar-refractivity contribution in [1.82, 2.24) is 15.0 Å². The van der Waals surface area contributed by atoms with Crippen LogP contribution < -0.4 is 10.7 Å². The number of aromatic amines is 3. The molecule has 3 aromatic heterocycles. The Bertz CT molecular complexity index is 4010. The third-order valence-corrected chi connectivity index (χ3v) is 20.0. The topological polar surface area (TPSA) is 59.7 Å². The van der Waals surface area contributed by atoms with Gasteiger partial charge in [-0.15, -0.1) is 0 Å². The number of halogens is 28. The number of nitrogens with zero attached hydrogens (tertiary/aromatic N) is 1. The Balaban J connectivity index is 1.66. The van der Waals surface area contributed by atoms with E-state index in [0.717, 1.165) is 0 Å². The fourth-order valence-electron chi connectivity index (χ4n) is 8.11. The number of hydrogen-bond donors (Lipinski definition) is 3. The highest BCUT2D eigenvalue weighted by molar-refractivity contribution is 9.14. The van der Waals surface area contributed by atoms with E-state index in [1.54, 1.807) is 0 Å². The van der Waals surface area contributed by atoms with Crippen LogP contribution in [0.15, 0.2) is 46.5 Å². The van der Waals surface area contributed by atoms with Crippen molar-refractivity contribution in [3.05, 3.63) is 214 Å². The van der Waals surface area contributed by atoms with E-state index in [1.165, 1.54) is 0 Å². The van der Waals surface area contributed by atoms with Gasteiger partial charge in [-0.1, -0.05) is 0 Å². The molecule has 5 heterocycles. The highest BCUT2D eigenvalue weighted by Crippen LogP contribution is 2.52. The van der Waals surface area contributed by atoms with Gasteiger partial charge in [-0.2, -0.15) is 0 Å². The summed E-state index contributed by atoms with van der Waals surface area (Å²) in [5.74, 6) is -56.4. The zero-order valence-corrected chi connectivity index (χ0v) is 47.3. The summed E-state index contributed by atoms with van der Waals surface area (Å²) in [6, 6.07) is 0. The van der Waals surface area contributed by atoms with Crippen molar-refractivity contribution in [2.75, 3.05) is 0 Å². The minimum atomic E-state index is -2.76. The first-order valence-electron chi connectivity index (χ1n) is 19.4. The Labute approximate surface area is 473 Å². The summed E-state index contributed by atoms with van der Waals surface area (Å²) in [6.45, 7) is 0. The molecule has 0 spiro atoms. The van der Waals surface area contributed by atoms with Crippen molar-refractivity contribution in [1.29, 1.82) is 0 Å². The van der Waals surface area contributed by atoms with Gasteiger partial charge < -0.3 is 15.0 Å². The second kappa shape index (κ2) is 20.0. The fourth-order valence-corrected chi connectivity index (χ4v) is 12.1. The maximum absolute atomic E-state index is 16.4. The number of rotatable bonds is 4. The second-order valence-electron chi connectivity index (χ2n) is 15.4. The molecule has 32 heteroatoms. The maximum atomic E-state index is 16.4. The lowest BCUT2D eigenvalue weighted by Gasteiger charge is -2.20. The average molecular weight is 1610 g/mol. The van der Waals surface area contributed by atoms with Crippen molar-refractivity contribution < 1.29 is 87.8 Å². The van der Waals surface area contributed by atoms with Gasteiger partial charge >= 0.3 is 0 Å². The number of nitrogens with one attached hydrogen (secondary N) is 3. The minimum absolute atomic E-state index is 0.727. The first-order chi connectivity index (χ1) is 35.4. The monoisotopic (exact) mass is 1600 g/mol. The number of hydrogen-bond acceptors (Lipinski definition) is 1. The van der Waals surface area contributed by atoms with Gasteiger partial charge in [0.15, 0.2) is 93.1 Å². The van der Waals surface area contributed by atoms with Gasteiger partial charge in [-0.3, -0.25) is 0 Å². The van der Waals surface area contributed by atoms with Crippen molar-refractivity contribution in [2.45, 2.75) is 5.92 Å². The molecule has 76 heavy (non-hydrogen) atoms. The minimum Gasteiger partial charge on any atom is -0.356 e. The third-order valence-electron chi connectivity index (χ3n) is 11.5. The van der Waals surface area contributed by atoms with E-state index in [0.29, 0.717) is 0 Å². The molecule has 1 unspecified atom stereocenters. The average Bonchev–Trinajstić information content (AvgIpc) is 4.06. The smallest absolute Gasteiger partial charge is 0.200 e. The molecule has 0 radical (unpaired) electrons. The van der Waals surface area contributed by atoms with Gasteiger partial charge in [0.2, 0.25) is 23.3 Å². The Kier molecular flexibility index (Phi) is 14.9. The van der Waals surface area contributed by atoms with Crippen LogP contribution >= 0.6 is 127 Å². The molecule has 4 aromatic carbocycles. The first kappa shape index (κ1) is 56.8. The number of benzene rings is 4. The van der Waals surface area contributed by atoms with Crippen LogP contribution in [0.25, 0.3) is 16.7 Å². The molecule has 0 fully saturated rings. The van der Waals surface area contributed by atoms with Gasteiger partial charge in [-0.05, 0) is 127 Å². The van der Waals surface area contributed by atoms with Crippen molar-refractivity contribution in [2.24, 2.45) is 4.99 Å². The normalized spacial score (nSPS) is 14.9. The van der Waals surface area contributed by atoms with E-state index in [4.69, 9.17) is 0 Å². The lowest BCUT2D eigenvalue weighted by Crippen LogP contribution is -2.22. The summed E-state index contributed by atoms with van der Waals surface area (Å²) in [7, 11) is 0. The largest absolute Gasteiger partial charge is 0.356 e. The molecule has 2 aliphatic rings. The summed E-state index contributed by atoms with van der Waals surface area (Å²) >= 11 is 24.0. The molecule has 1 atom stereocenters. The zero-order valence-electron chi connectivity index (χ0n) is 34.6. The number of aliphatic imine (C=N–C) groups is 1. The number of fused-ring (bicyclic) bond motifs is 7. The Morgan fingerprint density at radius 3 is 0.947 bits per heavy atom. The van der Waals surface area contributed by atoms with E-state index >= 15 is 70.2 Å². The van der Waals surface area contributed by atoms with Crippen LogP contribution in [0.5, 0.6) is 0 Å². The molecule has 7 aromatic rings. The first-order valence-corrected chi connectivity index (χ1v) is 25.7. The molecule has 0 saturated carbocycles. The second-order valence-corrected chi connectivity index (χ2v) is 21.7. The quantitative estimate of drug-likeness (QED) is 0.0894. The zero-order chi connectivity index (χ0) is 56.2. The van der Waals surface area contributed by atoms with Crippen LogP contribution in [0.4, 0.5) is 87.8 Å². The standard InChI is InChI=1S/C44H4Br8F20N4/c45-9-11(47)39-6(2-19(55)27(63)34(70)28(64)20(2)56)41-13(49)15(51)43(75-41)8(4-23(59)31(67)36(72)32(68)24(4)60)44-16(52)14(50)42(76-44)7(3-21(57)29(65)35(71)30(66)22(3)58)40-12(48)10(46)38(74-40)5(37(9)73-39)1-17(53)25(61)33(69)26(62)18(1)54/h5,73,75-76H. The highest BCUT2D eigenvalue weighted by atomic mass is 79.9. The van der Waals surface area contributed by atoms with Gasteiger partial charge in [0.25, 0.3) is 0 Å². The Morgan fingerprint density at radius 1 is 0.289 bits per heavy atom. The molecule has 2 aliphatic heterocycles. The van der Waals surface area contributed by atoms with Crippen molar-refractivity contribution in [3.8, 4) is 0 Å². The van der Waals surface area contributed by atoms with E-state index in [-0.39, 0.29) is 0 Å². The van der Waals surface area contributed by atoms with E-state index in [2.05, 4.69) is 147 Å². The molecular weight excluding hydrogens is 1600 g/mol. The fraction of sp³-hybridized carbons (Fsp3) is 0.0227. The van der Waals surface area contributed by atoms with E-state index in [1.807, 2.05) is 0 Å². The molecule has 396 valence electrons. The molecule has 0 saturated heterocycles. The van der Waals surface area contributed by atoms with Crippen molar-refractivity contribution in [3.63, 3.8) is 0 Å². The number of allylic oxidation sites excluding steroid dienone is 2. The lowest BCUT2D eigenvalue weighted by molar-refractivity contribution is 0.370. The molecule has 0 aliphatic carbocycles. The maximum Gasteiger partial charge on any atom is 0.200 e. The summed E-state index contributed by atoms with van der Waals surface area (Å²) in [6.07, 6.45) is 0. The van der Waals surface area contributed by atoms with Crippen LogP contribution in [-0.4, -0.2) is 20.7 Å². The number of aromatic nitrogens is 3. The van der Waals surface area contributed by atoms with Gasteiger partial charge in [0.1, 0.15) is 0 Å². The molecule has 9 rings (SSSR count). The SMILES string of the molecule is Fc1c(F)c(F)c(C2=C3N=C(C(Br)=C3Br)C(c3c(F)c(F)c(F)c(F)c3F)c3[nH]c(c(Br)c3Br)C(c3c(F)c(F)c(F)c(F)c3F)=c3[nH]c(c(Br)c3Br)=C(c3c(F)c(F)c(F)c(F)c3F)c3[nH]c2c(Br)c3Br)c(F)c1F. The van der Waals surface area contributed by atoms with Gasteiger partial charge in [-0.25, -0.2) is 92.8 Å². The van der Waals surface area contributed by atoms with E-state index in [9.17, 15) is 17.6 Å². The Morgan fingerprint density at radius 2 is 0.579 bits per heavy atom. The van der Waals surface area contributed by atoms with Crippen LogP contribution in [0.1, 0.15) is 50.9 Å². The predicted octanol–water partition coefficient (Wildman–Crippen LogP) is 16.9. The summed E-state index contributed by atoms with van der Waals surface area (Å²) < 4.78 is 307. The van der Waals surface area contributed by atoms with Crippen LogP contribution in [0.2, 0.25) is 0 Å².